The Morgan fingerprint density at radius 1 is 1.55 bits per heavy atom. The molecule has 0 saturated carbocycles. The lowest BCUT2D eigenvalue weighted by atomic mass is 9.97. The second-order valence-corrected chi connectivity index (χ2v) is 5.75. The van der Waals surface area contributed by atoms with Gasteiger partial charge in [0.15, 0.2) is 5.13 Å². The lowest BCUT2D eigenvalue weighted by molar-refractivity contribution is -0.118. The predicted molar refractivity (Wildman–Crippen MR) is 89.3 cm³/mol. The predicted octanol–water partition coefficient (Wildman–Crippen LogP) is 3.31. The van der Waals surface area contributed by atoms with Crippen LogP contribution in [0, 0.1) is 12.3 Å². The quantitative estimate of drug-likeness (QED) is 0.768. The molecule has 0 unspecified atom stereocenters. The van der Waals surface area contributed by atoms with Crippen LogP contribution in [-0.2, 0) is 4.79 Å². The largest absolute Gasteiger partial charge is 0.497 e. The second kappa shape index (κ2) is 7.62. The van der Waals surface area contributed by atoms with Gasteiger partial charge in [0.05, 0.1) is 13.7 Å². The van der Waals surface area contributed by atoms with E-state index in [1.54, 1.807) is 18.2 Å². The van der Waals surface area contributed by atoms with E-state index in [1.807, 2.05) is 36.6 Å². The summed E-state index contributed by atoms with van der Waals surface area (Å²) >= 11 is 1.41. The van der Waals surface area contributed by atoms with Crippen molar-refractivity contribution < 1.29 is 9.53 Å². The highest BCUT2D eigenvalue weighted by atomic mass is 32.1. The van der Waals surface area contributed by atoms with Gasteiger partial charge in [-0.25, -0.2) is 4.98 Å². The number of benzene rings is 1. The van der Waals surface area contributed by atoms with Crippen molar-refractivity contribution in [2.45, 2.75) is 19.3 Å². The van der Waals surface area contributed by atoms with Gasteiger partial charge in [0.1, 0.15) is 5.75 Å². The minimum Gasteiger partial charge on any atom is -0.497 e. The van der Waals surface area contributed by atoms with Crippen molar-refractivity contribution in [1.82, 2.24) is 4.98 Å². The third kappa shape index (κ3) is 3.86. The number of hydrogen-bond donors (Lipinski definition) is 0. The lowest BCUT2D eigenvalue weighted by Gasteiger charge is -2.20. The minimum atomic E-state index is -0.0248. The lowest BCUT2D eigenvalue weighted by Crippen LogP contribution is -2.32. The number of anilines is 1. The molecule has 0 N–H and O–H groups in total. The van der Waals surface area contributed by atoms with Crippen LogP contribution in [0.2, 0.25) is 0 Å². The molecule has 1 aromatic carbocycles. The van der Waals surface area contributed by atoms with Crippen molar-refractivity contribution in [2.24, 2.45) is 0 Å². The number of thiazole rings is 1. The molecule has 0 aliphatic heterocycles. The van der Waals surface area contributed by atoms with Gasteiger partial charge in [-0.2, -0.15) is 0 Å². The number of methoxy groups -OCH3 is 1. The number of rotatable bonds is 6. The van der Waals surface area contributed by atoms with E-state index in [0.717, 1.165) is 11.3 Å². The molecule has 1 aromatic heterocycles. The summed E-state index contributed by atoms with van der Waals surface area (Å²) in [7, 11) is 1.63. The molecule has 4 nitrogen and oxygen atoms in total. The number of amides is 1. The molecule has 1 atom stereocenters. The molecule has 1 amide bonds. The Morgan fingerprint density at radius 3 is 3.00 bits per heavy atom. The summed E-state index contributed by atoms with van der Waals surface area (Å²) in [5, 5.41) is 2.47. The van der Waals surface area contributed by atoms with E-state index < -0.39 is 0 Å². The molecular formula is C17H18N2O2S. The van der Waals surface area contributed by atoms with Gasteiger partial charge in [0.25, 0.3) is 0 Å². The summed E-state index contributed by atoms with van der Waals surface area (Å²) in [6.45, 7) is 2.25. The highest BCUT2D eigenvalue weighted by molar-refractivity contribution is 7.13. The van der Waals surface area contributed by atoms with Crippen LogP contribution in [0.4, 0.5) is 5.13 Å². The molecule has 5 heteroatoms. The summed E-state index contributed by atoms with van der Waals surface area (Å²) in [6, 6.07) is 7.76. The average molecular weight is 314 g/mol. The van der Waals surface area contributed by atoms with Crippen molar-refractivity contribution in [3.63, 3.8) is 0 Å². The van der Waals surface area contributed by atoms with Gasteiger partial charge < -0.3 is 4.74 Å². The number of carbonyl (C=O) groups is 1. The topological polar surface area (TPSA) is 42.4 Å². The zero-order valence-electron chi connectivity index (χ0n) is 12.7. The molecule has 0 saturated heterocycles. The van der Waals surface area contributed by atoms with Crippen molar-refractivity contribution in [3.05, 3.63) is 41.4 Å². The maximum atomic E-state index is 12.5. The van der Waals surface area contributed by atoms with Crippen LogP contribution in [0.15, 0.2) is 35.8 Å². The first-order chi connectivity index (χ1) is 10.7. The molecule has 0 aliphatic carbocycles. The summed E-state index contributed by atoms with van der Waals surface area (Å²) < 4.78 is 5.22. The van der Waals surface area contributed by atoms with Gasteiger partial charge in [0.2, 0.25) is 5.91 Å². The molecule has 1 heterocycles. The van der Waals surface area contributed by atoms with Crippen molar-refractivity contribution in [2.75, 3.05) is 18.6 Å². The van der Waals surface area contributed by atoms with Crippen LogP contribution in [0.25, 0.3) is 0 Å². The van der Waals surface area contributed by atoms with Gasteiger partial charge in [-0.15, -0.1) is 17.8 Å². The van der Waals surface area contributed by atoms with Gasteiger partial charge in [-0.3, -0.25) is 9.69 Å². The van der Waals surface area contributed by atoms with Crippen LogP contribution in [-0.4, -0.2) is 24.5 Å². The second-order valence-electron chi connectivity index (χ2n) is 4.88. The van der Waals surface area contributed by atoms with E-state index in [2.05, 4.69) is 10.9 Å². The number of aromatic nitrogens is 1. The third-order valence-electron chi connectivity index (χ3n) is 3.34. The smallest absolute Gasteiger partial charge is 0.230 e. The first-order valence-electron chi connectivity index (χ1n) is 6.93. The van der Waals surface area contributed by atoms with E-state index in [0.29, 0.717) is 11.6 Å². The highest BCUT2D eigenvalue weighted by Gasteiger charge is 2.20. The van der Waals surface area contributed by atoms with Crippen LogP contribution in [0.3, 0.4) is 0 Å². The van der Waals surface area contributed by atoms with Gasteiger partial charge in [-0.1, -0.05) is 25.0 Å². The van der Waals surface area contributed by atoms with E-state index in [1.165, 1.54) is 11.3 Å². The number of ether oxygens (including phenoxy) is 1. The normalized spacial score (nSPS) is 11.5. The Hall–Kier alpha value is -2.32. The summed E-state index contributed by atoms with van der Waals surface area (Å²) in [6.07, 6.45) is 7.41. The number of nitrogens with zero attached hydrogens (tertiary/aromatic N) is 2. The highest BCUT2D eigenvalue weighted by Crippen LogP contribution is 2.25. The Balaban J connectivity index is 2.10. The fraction of sp³-hybridized carbons (Fsp3) is 0.294. The minimum absolute atomic E-state index is 0.0248. The Kier molecular flexibility index (Phi) is 5.56. The SMILES string of the molecule is C#CCN(C(=O)C[C@@H](C)c1cccc(OC)c1)c1nccs1. The number of hydrogen-bond acceptors (Lipinski definition) is 4. The molecule has 0 aliphatic rings. The van der Waals surface area contributed by atoms with Gasteiger partial charge in [-0.05, 0) is 23.6 Å². The summed E-state index contributed by atoms with van der Waals surface area (Å²) in [4.78, 5) is 18.3. The third-order valence-corrected chi connectivity index (χ3v) is 4.14. The number of terminal acetylenes is 1. The zero-order chi connectivity index (χ0) is 15.9. The monoisotopic (exact) mass is 314 g/mol. The maximum absolute atomic E-state index is 12.5. The van der Waals surface area contributed by atoms with E-state index in [9.17, 15) is 4.79 Å². The standard InChI is InChI=1S/C17H18N2O2S/c1-4-9-19(17-18-8-10-22-17)16(20)11-13(2)14-6-5-7-15(12-14)21-3/h1,5-8,10,12-13H,9,11H2,2-3H3/t13-/m1/s1. The first-order valence-corrected chi connectivity index (χ1v) is 7.81. The molecule has 22 heavy (non-hydrogen) atoms. The fourth-order valence-electron chi connectivity index (χ4n) is 2.14. The number of carbonyl (C=O) groups excluding carboxylic acids is 1. The maximum Gasteiger partial charge on any atom is 0.230 e. The molecular weight excluding hydrogens is 296 g/mol. The first kappa shape index (κ1) is 16.1. The van der Waals surface area contributed by atoms with Crippen LogP contribution in [0.5, 0.6) is 5.75 Å². The van der Waals surface area contributed by atoms with Crippen LogP contribution in [0.1, 0.15) is 24.8 Å². The average Bonchev–Trinajstić information content (AvgIpc) is 3.06. The van der Waals surface area contributed by atoms with E-state index in [-0.39, 0.29) is 18.4 Å². The molecule has 0 bridgehead atoms. The molecule has 0 fully saturated rings. The molecule has 0 spiro atoms. The van der Waals surface area contributed by atoms with Crippen molar-refractivity contribution in [1.29, 1.82) is 0 Å². The van der Waals surface area contributed by atoms with Crippen molar-refractivity contribution >= 4 is 22.4 Å². The van der Waals surface area contributed by atoms with Crippen molar-refractivity contribution in [3.8, 4) is 18.1 Å². The van der Waals surface area contributed by atoms with Gasteiger partial charge in [0, 0.05) is 18.0 Å². The molecule has 2 aromatic rings. The van der Waals surface area contributed by atoms with Crippen LogP contribution >= 0.6 is 11.3 Å². The summed E-state index contributed by atoms with van der Waals surface area (Å²) in [5.74, 6) is 3.36. The zero-order valence-corrected chi connectivity index (χ0v) is 13.5. The van der Waals surface area contributed by atoms with E-state index in [4.69, 9.17) is 11.2 Å². The Labute approximate surface area is 134 Å². The molecule has 114 valence electrons. The Morgan fingerprint density at radius 2 is 2.36 bits per heavy atom. The summed E-state index contributed by atoms with van der Waals surface area (Å²) in [5.41, 5.74) is 1.06. The van der Waals surface area contributed by atoms with Gasteiger partial charge >= 0.3 is 0 Å². The molecule has 0 radical (unpaired) electrons. The molecule has 2 rings (SSSR count). The van der Waals surface area contributed by atoms with E-state index >= 15 is 0 Å². The fourth-order valence-corrected chi connectivity index (χ4v) is 2.80. The van der Waals surface area contributed by atoms with Crippen LogP contribution < -0.4 is 9.64 Å². The Bertz CT molecular complexity index is 662.